The summed E-state index contributed by atoms with van der Waals surface area (Å²) in [4.78, 5) is 2.80. The lowest BCUT2D eigenvalue weighted by molar-refractivity contribution is -0.00409. The summed E-state index contributed by atoms with van der Waals surface area (Å²) < 4.78 is 6.11. The van der Waals surface area contributed by atoms with Gasteiger partial charge in [0.15, 0.2) is 0 Å². The number of nitrogens with one attached hydrogen (secondary N) is 1. The Morgan fingerprint density at radius 1 is 1.37 bits per heavy atom. The molecule has 3 heterocycles. The number of fused-ring (bicyclic) bond motifs is 2. The normalized spacial score (nSPS) is 47.2. The third-order valence-electron chi connectivity index (χ3n) is 5.75. The molecule has 5 unspecified atom stereocenters. The molecule has 3 rings (SSSR count). The summed E-state index contributed by atoms with van der Waals surface area (Å²) in [7, 11) is 0. The Hall–Kier alpha value is -0.120. The lowest BCUT2D eigenvalue weighted by Crippen LogP contribution is -2.67. The summed E-state index contributed by atoms with van der Waals surface area (Å²) in [5, 5.41) is 3.79. The molecule has 0 aliphatic carbocycles. The van der Waals surface area contributed by atoms with Gasteiger partial charge in [-0.05, 0) is 38.5 Å². The summed E-state index contributed by atoms with van der Waals surface area (Å²) in [6.07, 6.45) is 6.14. The molecule has 0 aromatic rings. The molecule has 3 nitrogen and oxygen atoms in total. The van der Waals surface area contributed by atoms with Gasteiger partial charge in [-0.1, -0.05) is 20.8 Å². The van der Waals surface area contributed by atoms with Crippen LogP contribution in [0.1, 0.15) is 53.4 Å². The lowest BCUT2D eigenvalue weighted by Gasteiger charge is -2.51. The zero-order valence-electron chi connectivity index (χ0n) is 13.0. The maximum atomic E-state index is 6.11. The fourth-order valence-electron chi connectivity index (χ4n) is 4.22. The fourth-order valence-corrected chi connectivity index (χ4v) is 4.22. The van der Waals surface area contributed by atoms with Crippen LogP contribution in [0.3, 0.4) is 0 Å². The van der Waals surface area contributed by atoms with Crippen molar-refractivity contribution in [1.82, 2.24) is 10.2 Å². The van der Waals surface area contributed by atoms with Crippen LogP contribution in [0.5, 0.6) is 0 Å². The Kier molecular flexibility index (Phi) is 3.65. The predicted molar refractivity (Wildman–Crippen MR) is 78.3 cm³/mol. The van der Waals surface area contributed by atoms with Crippen molar-refractivity contribution in [3.8, 4) is 0 Å². The Labute approximate surface area is 118 Å². The van der Waals surface area contributed by atoms with Crippen LogP contribution in [0, 0.1) is 5.92 Å². The van der Waals surface area contributed by atoms with Crippen LogP contribution in [0.25, 0.3) is 0 Å². The van der Waals surface area contributed by atoms with Crippen molar-refractivity contribution in [2.24, 2.45) is 5.92 Å². The highest BCUT2D eigenvalue weighted by molar-refractivity contribution is 5.03. The maximum absolute atomic E-state index is 6.11. The minimum absolute atomic E-state index is 0.285. The van der Waals surface area contributed by atoms with Gasteiger partial charge in [0.25, 0.3) is 0 Å². The number of ether oxygens (including phenoxy) is 1. The molecule has 5 atom stereocenters. The standard InChI is InChI=1S/C16H30N2O/c1-5-16(4)10-18(14(9-17-16)11(2)3)13-8-12-6-7-15(13)19-12/h11-15,17H,5-10H2,1-4H3. The monoisotopic (exact) mass is 266 g/mol. The van der Waals surface area contributed by atoms with E-state index in [-0.39, 0.29) is 5.54 Å². The Morgan fingerprint density at radius 3 is 2.68 bits per heavy atom. The van der Waals surface area contributed by atoms with E-state index >= 15 is 0 Å². The van der Waals surface area contributed by atoms with E-state index in [4.69, 9.17) is 4.74 Å². The average molecular weight is 266 g/mol. The van der Waals surface area contributed by atoms with Crippen molar-refractivity contribution >= 4 is 0 Å². The molecule has 2 bridgehead atoms. The zero-order chi connectivity index (χ0) is 13.6. The van der Waals surface area contributed by atoms with Gasteiger partial charge in [-0.2, -0.15) is 0 Å². The number of hydrogen-bond donors (Lipinski definition) is 1. The van der Waals surface area contributed by atoms with E-state index < -0.39 is 0 Å². The second-order valence-electron chi connectivity index (χ2n) is 7.46. The second-order valence-corrected chi connectivity index (χ2v) is 7.46. The number of hydrogen-bond acceptors (Lipinski definition) is 3. The van der Waals surface area contributed by atoms with Crippen molar-refractivity contribution in [3.05, 3.63) is 0 Å². The number of rotatable bonds is 3. The smallest absolute Gasteiger partial charge is 0.0736 e. The lowest BCUT2D eigenvalue weighted by atomic mass is 9.85. The molecular weight excluding hydrogens is 236 g/mol. The van der Waals surface area contributed by atoms with Gasteiger partial charge in [-0.15, -0.1) is 0 Å². The van der Waals surface area contributed by atoms with Crippen LogP contribution in [0.4, 0.5) is 0 Å². The molecule has 0 amide bonds. The van der Waals surface area contributed by atoms with Crippen LogP contribution < -0.4 is 5.32 Å². The van der Waals surface area contributed by atoms with Crippen molar-refractivity contribution in [3.63, 3.8) is 0 Å². The third kappa shape index (κ3) is 2.45. The van der Waals surface area contributed by atoms with E-state index in [2.05, 4.69) is 37.9 Å². The number of nitrogens with zero attached hydrogens (tertiary/aromatic N) is 1. The summed E-state index contributed by atoms with van der Waals surface area (Å²) in [5.74, 6) is 0.716. The van der Waals surface area contributed by atoms with E-state index in [1.807, 2.05) is 0 Å². The maximum Gasteiger partial charge on any atom is 0.0736 e. The van der Waals surface area contributed by atoms with E-state index in [1.54, 1.807) is 0 Å². The molecule has 1 N–H and O–H groups in total. The van der Waals surface area contributed by atoms with Crippen molar-refractivity contribution in [1.29, 1.82) is 0 Å². The van der Waals surface area contributed by atoms with Crippen LogP contribution in [0.2, 0.25) is 0 Å². The Bertz CT molecular complexity index is 333. The van der Waals surface area contributed by atoms with Crippen molar-refractivity contribution in [2.75, 3.05) is 13.1 Å². The van der Waals surface area contributed by atoms with Crippen molar-refractivity contribution < 1.29 is 4.74 Å². The summed E-state index contributed by atoms with van der Waals surface area (Å²) in [6, 6.07) is 1.35. The van der Waals surface area contributed by atoms with Gasteiger partial charge >= 0.3 is 0 Å². The topological polar surface area (TPSA) is 24.5 Å². The fraction of sp³-hybridized carbons (Fsp3) is 1.00. The molecule has 3 heteroatoms. The number of piperazine rings is 1. The van der Waals surface area contributed by atoms with Crippen LogP contribution in [0.15, 0.2) is 0 Å². The van der Waals surface area contributed by atoms with E-state index in [9.17, 15) is 0 Å². The van der Waals surface area contributed by atoms with Gasteiger partial charge in [-0.25, -0.2) is 0 Å². The van der Waals surface area contributed by atoms with E-state index in [0.29, 0.717) is 30.2 Å². The Morgan fingerprint density at radius 2 is 2.16 bits per heavy atom. The average Bonchev–Trinajstić information content (AvgIpc) is 3.00. The van der Waals surface area contributed by atoms with Gasteiger partial charge < -0.3 is 10.1 Å². The predicted octanol–water partition coefficient (Wildman–Crippen LogP) is 2.40. The highest BCUT2D eigenvalue weighted by atomic mass is 16.5. The van der Waals surface area contributed by atoms with Gasteiger partial charge in [0, 0.05) is 30.7 Å². The van der Waals surface area contributed by atoms with Gasteiger partial charge in [-0.3, -0.25) is 4.90 Å². The molecule has 0 spiro atoms. The van der Waals surface area contributed by atoms with Crippen molar-refractivity contribution in [2.45, 2.75) is 83.2 Å². The first-order valence-electron chi connectivity index (χ1n) is 8.18. The van der Waals surface area contributed by atoms with E-state index in [1.165, 1.54) is 32.2 Å². The third-order valence-corrected chi connectivity index (χ3v) is 5.75. The quantitative estimate of drug-likeness (QED) is 0.849. The molecule has 3 aliphatic heterocycles. The molecule has 0 radical (unpaired) electrons. The molecule has 0 aromatic carbocycles. The zero-order valence-corrected chi connectivity index (χ0v) is 13.0. The molecule has 3 saturated heterocycles. The van der Waals surface area contributed by atoms with Crippen LogP contribution >= 0.6 is 0 Å². The van der Waals surface area contributed by atoms with Gasteiger partial charge in [0.1, 0.15) is 0 Å². The molecule has 3 fully saturated rings. The second kappa shape index (κ2) is 5.01. The highest BCUT2D eigenvalue weighted by Gasteiger charge is 2.48. The largest absolute Gasteiger partial charge is 0.373 e. The molecular formula is C16H30N2O. The minimum atomic E-state index is 0.285. The highest BCUT2D eigenvalue weighted by Crippen LogP contribution is 2.40. The molecule has 110 valence electrons. The SMILES string of the molecule is CCC1(C)CN(C2CC3CCC2O3)C(C(C)C)CN1. The Balaban J connectivity index is 1.77. The first-order valence-corrected chi connectivity index (χ1v) is 8.18. The molecule has 0 saturated carbocycles. The van der Waals surface area contributed by atoms with Crippen LogP contribution in [-0.2, 0) is 4.74 Å². The minimum Gasteiger partial charge on any atom is -0.373 e. The van der Waals surface area contributed by atoms with Crippen LogP contribution in [-0.4, -0.2) is 47.8 Å². The summed E-state index contributed by atoms with van der Waals surface area (Å²) in [6.45, 7) is 11.7. The van der Waals surface area contributed by atoms with E-state index in [0.717, 1.165) is 6.54 Å². The van der Waals surface area contributed by atoms with Gasteiger partial charge in [0.05, 0.1) is 12.2 Å². The first kappa shape index (κ1) is 13.8. The summed E-state index contributed by atoms with van der Waals surface area (Å²) in [5.41, 5.74) is 0.285. The molecule has 3 aliphatic rings. The van der Waals surface area contributed by atoms with Gasteiger partial charge in [0.2, 0.25) is 0 Å². The molecule has 0 aromatic heterocycles. The molecule has 19 heavy (non-hydrogen) atoms. The first-order chi connectivity index (χ1) is 9.02. The summed E-state index contributed by atoms with van der Waals surface area (Å²) >= 11 is 0.